The first-order valence-electron chi connectivity index (χ1n) is 2.64. The van der Waals surface area contributed by atoms with Gasteiger partial charge in [-0.3, -0.25) is 0 Å². The van der Waals surface area contributed by atoms with Crippen molar-refractivity contribution in [1.82, 2.24) is 0 Å². The zero-order valence-electron chi connectivity index (χ0n) is 6.13. The molecule has 0 fully saturated rings. The minimum absolute atomic E-state index is 0. The van der Waals surface area contributed by atoms with Crippen molar-refractivity contribution in [3.63, 3.8) is 0 Å². The van der Waals surface area contributed by atoms with Crippen LogP contribution < -0.4 is 61.2 Å². The molecule has 1 aromatic carbocycles. The molecule has 1 rings (SSSR count). The summed E-state index contributed by atoms with van der Waals surface area (Å²) in [5.41, 5.74) is 0. The second-order valence-electron chi connectivity index (χ2n) is 1.68. The van der Waals surface area contributed by atoms with Gasteiger partial charge in [0.2, 0.25) is 0 Å². The molecule has 0 atom stereocenters. The molecule has 0 aliphatic carbocycles. The van der Waals surface area contributed by atoms with Crippen LogP contribution in [0.5, 0.6) is 11.5 Å². The van der Waals surface area contributed by atoms with Crippen LogP contribution in [0.25, 0.3) is 0 Å². The van der Waals surface area contributed by atoms with Gasteiger partial charge in [-0.1, -0.05) is 12.1 Å². The van der Waals surface area contributed by atoms with Crippen LogP contribution in [0.1, 0.15) is 0 Å². The van der Waals surface area contributed by atoms with Gasteiger partial charge in [0, 0.05) is 0 Å². The molecule has 0 N–H and O–H groups in total. The van der Waals surface area contributed by atoms with Gasteiger partial charge in [0.1, 0.15) is 5.75 Å². The van der Waals surface area contributed by atoms with Gasteiger partial charge in [0.15, 0.2) is 0 Å². The van der Waals surface area contributed by atoms with Gasteiger partial charge in [-0.2, -0.15) is 0 Å². The average molecular weight is 162 g/mol. The number of methoxy groups -OCH3 is 1. The third kappa shape index (κ3) is 3.03. The Kier molecular flexibility index (Phi) is 5.39. The number of benzene rings is 1. The monoisotopic (exact) mass is 162 g/mol. The van der Waals surface area contributed by atoms with Crippen molar-refractivity contribution in [1.29, 1.82) is 0 Å². The van der Waals surface area contributed by atoms with E-state index in [0.29, 0.717) is 0 Å². The molecule has 0 aliphatic heterocycles. The molecule has 0 radical (unpaired) electrons. The van der Waals surface area contributed by atoms with Crippen molar-refractivity contribution in [3.05, 3.63) is 24.3 Å². The van der Waals surface area contributed by atoms with Crippen LogP contribution in [-0.4, -0.2) is 7.11 Å². The molecule has 0 amide bonds. The minimum atomic E-state index is 0. The van der Waals surface area contributed by atoms with Gasteiger partial charge in [0.05, 0.1) is 7.11 Å². The molecule has 1 aromatic rings. The standard InChI is InChI=1S/C7H8O2.K/c1-9-7-4-2-6(8)3-5-7;/h2-5,8H,1H3;/q;+1/p-1. The molecule has 0 saturated heterocycles. The number of rotatable bonds is 1. The van der Waals surface area contributed by atoms with E-state index in [1.165, 1.54) is 12.1 Å². The van der Waals surface area contributed by atoms with Crippen LogP contribution in [0.3, 0.4) is 0 Å². The van der Waals surface area contributed by atoms with Gasteiger partial charge in [-0.25, -0.2) is 0 Å². The predicted octanol–water partition coefficient (Wildman–Crippen LogP) is -2.23. The number of hydrogen-bond acceptors (Lipinski definition) is 2. The van der Waals surface area contributed by atoms with Crippen molar-refractivity contribution < 1.29 is 61.2 Å². The second kappa shape index (κ2) is 5.15. The van der Waals surface area contributed by atoms with Crippen molar-refractivity contribution in [3.8, 4) is 11.5 Å². The van der Waals surface area contributed by atoms with E-state index in [-0.39, 0.29) is 57.1 Å². The average Bonchev–Trinajstić information content (AvgIpc) is 1.90. The van der Waals surface area contributed by atoms with Gasteiger partial charge < -0.3 is 9.84 Å². The molecule has 48 valence electrons. The van der Waals surface area contributed by atoms with Crippen molar-refractivity contribution >= 4 is 0 Å². The fraction of sp³-hybridized carbons (Fsp3) is 0.143. The molecule has 0 heterocycles. The molecule has 0 spiro atoms. The summed E-state index contributed by atoms with van der Waals surface area (Å²) in [5, 5.41) is 10.5. The Morgan fingerprint density at radius 1 is 1.20 bits per heavy atom. The van der Waals surface area contributed by atoms with Gasteiger partial charge in [0.25, 0.3) is 0 Å². The maximum atomic E-state index is 10.5. The third-order valence-corrected chi connectivity index (χ3v) is 1.06. The Morgan fingerprint density at radius 3 is 2.10 bits per heavy atom. The third-order valence-electron chi connectivity index (χ3n) is 1.06. The normalized spacial score (nSPS) is 8.10. The molecular formula is C7H7KO2. The zero-order chi connectivity index (χ0) is 6.69. The van der Waals surface area contributed by atoms with E-state index >= 15 is 0 Å². The van der Waals surface area contributed by atoms with Crippen LogP contribution in [0.15, 0.2) is 24.3 Å². The van der Waals surface area contributed by atoms with E-state index in [4.69, 9.17) is 4.74 Å². The summed E-state index contributed by atoms with van der Waals surface area (Å²) in [6, 6.07) is 6.22. The quantitative estimate of drug-likeness (QED) is 0.438. The Bertz CT molecular complexity index is 183. The van der Waals surface area contributed by atoms with E-state index in [1.807, 2.05) is 0 Å². The first-order chi connectivity index (χ1) is 4.33. The number of hydrogen-bond donors (Lipinski definition) is 0. The summed E-state index contributed by atoms with van der Waals surface area (Å²) in [5.74, 6) is 0.727. The fourth-order valence-corrected chi connectivity index (χ4v) is 0.576. The predicted molar refractivity (Wildman–Crippen MR) is 32.4 cm³/mol. The van der Waals surface area contributed by atoms with E-state index in [1.54, 1.807) is 19.2 Å². The van der Waals surface area contributed by atoms with Crippen molar-refractivity contribution in [2.24, 2.45) is 0 Å². The summed E-state index contributed by atoms with van der Waals surface area (Å²) in [4.78, 5) is 0. The van der Waals surface area contributed by atoms with Crippen LogP contribution in [-0.2, 0) is 0 Å². The van der Waals surface area contributed by atoms with Gasteiger partial charge in [-0.05, 0) is 12.1 Å². The van der Waals surface area contributed by atoms with Crippen LogP contribution in [0.4, 0.5) is 0 Å². The van der Waals surface area contributed by atoms with Gasteiger partial charge >= 0.3 is 51.4 Å². The van der Waals surface area contributed by atoms with Gasteiger partial charge in [-0.15, -0.1) is 5.75 Å². The topological polar surface area (TPSA) is 32.3 Å². The first kappa shape index (κ1) is 10.5. The van der Waals surface area contributed by atoms with Crippen LogP contribution in [0.2, 0.25) is 0 Å². The summed E-state index contributed by atoms with van der Waals surface area (Å²) in [6.07, 6.45) is 0. The summed E-state index contributed by atoms with van der Waals surface area (Å²) in [6.45, 7) is 0. The zero-order valence-corrected chi connectivity index (χ0v) is 9.25. The molecule has 0 bridgehead atoms. The molecule has 3 heteroatoms. The SMILES string of the molecule is COc1ccc([O-])cc1.[K+]. The molecule has 10 heavy (non-hydrogen) atoms. The smallest absolute Gasteiger partial charge is 0.872 e. The molecule has 0 aromatic heterocycles. The van der Waals surface area contributed by atoms with Crippen LogP contribution in [0, 0.1) is 0 Å². The van der Waals surface area contributed by atoms with E-state index in [2.05, 4.69) is 0 Å². The summed E-state index contributed by atoms with van der Waals surface area (Å²) >= 11 is 0. The molecule has 2 nitrogen and oxygen atoms in total. The Labute approximate surface area is 103 Å². The maximum Gasteiger partial charge on any atom is 1.00 e. The summed E-state index contributed by atoms with van der Waals surface area (Å²) in [7, 11) is 1.57. The van der Waals surface area contributed by atoms with E-state index < -0.39 is 0 Å². The molecule has 0 saturated carbocycles. The van der Waals surface area contributed by atoms with Crippen molar-refractivity contribution in [2.75, 3.05) is 7.11 Å². The number of ether oxygens (including phenoxy) is 1. The Balaban J connectivity index is 0.000000810. The molecule has 0 unspecified atom stereocenters. The van der Waals surface area contributed by atoms with E-state index in [0.717, 1.165) is 5.75 Å². The summed E-state index contributed by atoms with van der Waals surface area (Å²) < 4.78 is 4.83. The minimum Gasteiger partial charge on any atom is -0.872 e. The Hall–Kier alpha value is 0.456. The first-order valence-corrected chi connectivity index (χ1v) is 2.64. The van der Waals surface area contributed by atoms with E-state index in [9.17, 15) is 5.11 Å². The molecular weight excluding hydrogens is 155 g/mol. The maximum absolute atomic E-state index is 10.5. The largest absolute Gasteiger partial charge is 1.00 e. The van der Waals surface area contributed by atoms with Crippen LogP contribution >= 0.6 is 0 Å². The Morgan fingerprint density at radius 2 is 1.70 bits per heavy atom. The second-order valence-corrected chi connectivity index (χ2v) is 1.68. The molecule has 0 aliphatic rings. The fourth-order valence-electron chi connectivity index (χ4n) is 0.576. The van der Waals surface area contributed by atoms with Crippen molar-refractivity contribution in [2.45, 2.75) is 0 Å².